The van der Waals surface area contributed by atoms with Crippen molar-refractivity contribution < 1.29 is 19.3 Å². The van der Waals surface area contributed by atoms with Crippen LogP contribution in [-0.4, -0.2) is 51.4 Å². The Bertz CT molecular complexity index is 96.8. The summed E-state index contributed by atoms with van der Waals surface area (Å²) in [7, 11) is 0. The van der Waals surface area contributed by atoms with Crippen LogP contribution in [0.3, 0.4) is 0 Å². The molecule has 0 spiro atoms. The molecule has 0 rings (SSSR count). The first-order valence-electron chi connectivity index (χ1n) is 5.76. The van der Waals surface area contributed by atoms with Gasteiger partial charge in [0.25, 0.3) is 0 Å². The van der Waals surface area contributed by atoms with Crippen LogP contribution >= 0.6 is 0 Å². The zero-order valence-corrected chi connectivity index (χ0v) is 9.74. The molecule has 0 aliphatic rings. The van der Waals surface area contributed by atoms with Crippen LogP contribution in [0.15, 0.2) is 0 Å². The summed E-state index contributed by atoms with van der Waals surface area (Å²) in [5, 5.41) is 8.48. The maximum Gasteiger partial charge on any atom is 0.0701 e. The number of hydrogen-bond donors (Lipinski definition) is 1. The van der Waals surface area contributed by atoms with Gasteiger partial charge in [0.2, 0.25) is 0 Å². The van der Waals surface area contributed by atoms with Crippen LogP contribution in [0.1, 0.15) is 26.2 Å². The van der Waals surface area contributed by atoms with Crippen molar-refractivity contribution in [2.24, 2.45) is 0 Å². The van der Waals surface area contributed by atoms with Crippen molar-refractivity contribution in [2.75, 3.05) is 46.2 Å². The average Bonchev–Trinajstić information content (AvgIpc) is 2.26. The predicted octanol–water partition coefficient (Wildman–Crippen LogP) is 1.22. The summed E-state index contributed by atoms with van der Waals surface area (Å²) in [5.41, 5.74) is 0. The van der Waals surface area contributed by atoms with Gasteiger partial charge in [-0.05, 0) is 12.8 Å². The number of ether oxygens (including phenoxy) is 3. The first-order chi connectivity index (χ1) is 7.41. The molecule has 92 valence electrons. The first-order valence-corrected chi connectivity index (χ1v) is 5.76. The van der Waals surface area contributed by atoms with Gasteiger partial charge in [0.1, 0.15) is 0 Å². The summed E-state index contributed by atoms with van der Waals surface area (Å²) in [6, 6.07) is 0. The van der Waals surface area contributed by atoms with Gasteiger partial charge in [-0.3, -0.25) is 0 Å². The fourth-order valence-electron chi connectivity index (χ4n) is 0.955. The minimum absolute atomic E-state index is 0.187. The van der Waals surface area contributed by atoms with E-state index < -0.39 is 0 Å². The zero-order chi connectivity index (χ0) is 11.2. The topological polar surface area (TPSA) is 47.9 Å². The Morgan fingerprint density at radius 2 is 1.20 bits per heavy atom. The van der Waals surface area contributed by atoms with Crippen molar-refractivity contribution >= 4 is 0 Å². The highest BCUT2D eigenvalue weighted by Crippen LogP contribution is 1.88. The van der Waals surface area contributed by atoms with Gasteiger partial charge in [-0.2, -0.15) is 0 Å². The van der Waals surface area contributed by atoms with Crippen LogP contribution < -0.4 is 0 Å². The second kappa shape index (κ2) is 13.8. The lowest BCUT2D eigenvalue weighted by Gasteiger charge is -2.05. The highest BCUT2D eigenvalue weighted by atomic mass is 16.5. The number of aliphatic hydroxyl groups excluding tert-OH is 1. The molecule has 0 heterocycles. The lowest BCUT2D eigenvalue weighted by molar-refractivity contribution is 0.0119. The molecule has 0 radical (unpaired) electrons. The van der Waals surface area contributed by atoms with Gasteiger partial charge in [0, 0.05) is 19.8 Å². The van der Waals surface area contributed by atoms with E-state index in [1.807, 2.05) is 0 Å². The smallest absolute Gasteiger partial charge is 0.0701 e. The Morgan fingerprint density at radius 3 is 1.67 bits per heavy atom. The fourth-order valence-corrected chi connectivity index (χ4v) is 0.955. The van der Waals surface area contributed by atoms with Gasteiger partial charge in [0.15, 0.2) is 0 Å². The molecule has 15 heavy (non-hydrogen) atoms. The molecular weight excluding hydrogens is 196 g/mol. The summed E-state index contributed by atoms with van der Waals surface area (Å²) in [5.74, 6) is 0. The van der Waals surface area contributed by atoms with E-state index in [2.05, 4.69) is 6.92 Å². The van der Waals surface area contributed by atoms with Crippen molar-refractivity contribution in [1.29, 1.82) is 0 Å². The van der Waals surface area contributed by atoms with E-state index in [4.69, 9.17) is 19.3 Å². The summed E-state index contributed by atoms with van der Waals surface area (Å²) in [4.78, 5) is 0. The van der Waals surface area contributed by atoms with Crippen LogP contribution in [0, 0.1) is 0 Å². The Kier molecular flexibility index (Phi) is 13.7. The molecule has 0 fully saturated rings. The van der Waals surface area contributed by atoms with Crippen molar-refractivity contribution in [3.05, 3.63) is 0 Å². The monoisotopic (exact) mass is 220 g/mol. The molecular formula is C11H24O4. The van der Waals surface area contributed by atoms with Gasteiger partial charge in [-0.1, -0.05) is 13.3 Å². The number of aliphatic hydroxyl groups is 1. The molecule has 1 N–H and O–H groups in total. The second-order valence-electron chi connectivity index (χ2n) is 3.27. The highest BCUT2D eigenvalue weighted by molar-refractivity contribution is 4.36. The second-order valence-corrected chi connectivity index (χ2v) is 3.27. The minimum Gasteiger partial charge on any atom is -0.396 e. The number of rotatable bonds is 12. The molecule has 0 amide bonds. The van der Waals surface area contributed by atoms with E-state index in [0.717, 1.165) is 13.0 Å². The van der Waals surface area contributed by atoms with E-state index >= 15 is 0 Å². The largest absolute Gasteiger partial charge is 0.396 e. The van der Waals surface area contributed by atoms with Crippen molar-refractivity contribution in [3.63, 3.8) is 0 Å². The first kappa shape index (κ1) is 14.8. The maximum absolute atomic E-state index is 8.48. The lowest BCUT2D eigenvalue weighted by Crippen LogP contribution is -2.10. The van der Waals surface area contributed by atoms with Crippen LogP contribution in [-0.2, 0) is 14.2 Å². The zero-order valence-electron chi connectivity index (χ0n) is 9.74. The third-order valence-corrected chi connectivity index (χ3v) is 1.83. The van der Waals surface area contributed by atoms with Crippen LogP contribution in [0.25, 0.3) is 0 Å². The Morgan fingerprint density at radius 1 is 0.733 bits per heavy atom. The fraction of sp³-hybridized carbons (Fsp3) is 1.00. The summed E-state index contributed by atoms with van der Waals surface area (Å²) >= 11 is 0. The van der Waals surface area contributed by atoms with E-state index in [0.29, 0.717) is 39.5 Å². The molecule has 0 aromatic carbocycles. The van der Waals surface area contributed by atoms with E-state index in [9.17, 15) is 0 Å². The van der Waals surface area contributed by atoms with Crippen LogP contribution in [0.4, 0.5) is 0 Å². The third-order valence-electron chi connectivity index (χ3n) is 1.83. The molecule has 0 aliphatic heterocycles. The molecule has 0 saturated carbocycles. The minimum atomic E-state index is 0.187. The van der Waals surface area contributed by atoms with Gasteiger partial charge < -0.3 is 19.3 Å². The molecule has 4 nitrogen and oxygen atoms in total. The highest BCUT2D eigenvalue weighted by Gasteiger charge is 1.91. The summed E-state index contributed by atoms with van der Waals surface area (Å²) in [6.07, 6.45) is 2.98. The summed E-state index contributed by atoms with van der Waals surface area (Å²) < 4.78 is 15.8. The summed E-state index contributed by atoms with van der Waals surface area (Å²) in [6.45, 7) is 6.25. The van der Waals surface area contributed by atoms with Crippen molar-refractivity contribution in [3.8, 4) is 0 Å². The van der Waals surface area contributed by atoms with Gasteiger partial charge in [-0.25, -0.2) is 0 Å². The molecule has 0 bridgehead atoms. The van der Waals surface area contributed by atoms with E-state index in [-0.39, 0.29) is 6.61 Å². The van der Waals surface area contributed by atoms with Crippen molar-refractivity contribution in [2.45, 2.75) is 26.2 Å². The quantitative estimate of drug-likeness (QED) is 0.502. The third kappa shape index (κ3) is 13.8. The van der Waals surface area contributed by atoms with E-state index in [1.165, 1.54) is 6.42 Å². The molecule has 0 saturated heterocycles. The molecule has 0 aromatic heterocycles. The number of unbranched alkanes of at least 4 members (excludes halogenated alkanes) is 1. The standard InChI is InChI=1S/C11H24O4/c1-2-3-6-13-8-10-15-11-9-14-7-4-5-12/h12H,2-11H2,1H3. The average molecular weight is 220 g/mol. The Labute approximate surface area is 92.5 Å². The Hall–Kier alpha value is -0.160. The normalized spacial score (nSPS) is 10.8. The van der Waals surface area contributed by atoms with Gasteiger partial charge in [0.05, 0.1) is 26.4 Å². The Balaban J connectivity index is 2.81. The molecule has 0 unspecified atom stereocenters. The molecule has 4 heteroatoms. The van der Waals surface area contributed by atoms with Crippen LogP contribution in [0.5, 0.6) is 0 Å². The lowest BCUT2D eigenvalue weighted by atomic mass is 10.4. The van der Waals surface area contributed by atoms with Crippen molar-refractivity contribution in [1.82, 2.24) is 0 Å². The van der Waals surface area contributed by atoms with E-state index in [1.54, 1.807) is 0 Å². The SMILES string of the molecule is CCCCOCCOCCOCCCO. The predicted molar refractivity (Wildman–Crippen MR) is 59.1 cm³/mol. The molecule has 0 atom stereocenters. The molecule has 0 aliphatic carbocycles. The molecule has 0 aromatic rings. The van der Waals surface area contributed by atoms with Gasteiger partial charge in [-0.15, -0.1) is 0 Å². The van der Waals surface area contributed by atoms with Crippen LogP contribution in [0.2, 0.25) is 0 Å². The van der Waals surface area contributed by atoms with Gasteiger partial charge >= 0.3 is 0 Å². The number of hydrogen-bond acceptors (Lipinski definition) is 4. The maximum atomic E-state index is 8.48.